The first-order valence-electron chi connectivity index (χ1n) is 7.90. The van der Waals surface area contributed by atoms with Crippen molar-refractivity contribution in [2.75, 3.05) is 32.5 Å². The molecule has 1 rings (SSSR count). The number of hydrogen-bond acceptors (Lipinski definition) is 4. The standard InChI is InChI=1S/C15H26N3O4P/c1-5-16(6-2)23(21,17(7-3)8-4)13-22-15-11-9-14(10-12-15)18(19)20/h9-12H,5-8,13H2,1-4H3. The third-order valence-electron chi connectivity index (χ3n) is 3.79. The van der Waals surface area contributed by atoms with E-state index in [4.69, 9.17) is 4.74 Å². The largest absolute Gasteiger partial charge is 0.483 e. The molecule has 0 aliphatic heterocycles. The number of ether oxygens (including phenoxy) is 1. The van der Waals surface area contributed by atoms with E-state index >= 15 is 0 Å². The maximum Gasteiger partial charge on any atom is 0.269 e. The summed E-state index contributed by atoms with van der Waals surface area (Å²) in [6.07, 6.45) is 0.0637. The molecule has 0 heterocycles. The van der Waals surface area contributed by atoms with Crippen LogP contribution in [-0.2, 0) is 4.57 Å². The van der Waals surface area contributed by atoms with Crippen molar-refractivity contribution in [3.8, 4) is 5.75 Å². The summed E-state index contributed by atoms with van der Waals surface area (Å²) in [5.74, 6) is 0.482. The average Bonchev–Trinajstić information content (AvgIpc) is 2.55. The topological polar surface area (TPSA) is 75.9 Å². The fraction of sp³-hybridized carbons (Fsp3) is 0.600. The summed E-state index contributed by atoms with van der Waals surface area (Å²) in [4.78, 5) is 10.2. The van der Waals surface area contributed by atoms with Gasteiger partial charge in [-0.3, -0.25) is 14.7 Å². The Morgan fingerprint density at radius 1 is 1.00 bits per heavy atom. The van der Waals surface area contributed by atoms with E-state index in [0.717, 1.165) is 0 Å². The number of benzene rings is 1. The van der Waals surface area contributed by atoms with Crippen LogP contribution in [0, 0.1) is 10.1 Å². The molecule has 0 saturated carbocycles. The van der Waals surface area contributed by atoms with Gasteiger partial charge in [0.25, 0.3) is 13.1 Å². The number of nitrogens with zero attached hydrogens (tertiary/aromatic N) is 3. The van der Waals surface area contributed by atoms with Gasteiger partial charge in [0.05, 0.1) is 4.92 Å². The second-order valence-corrected chi connectivity index (χ2v) is 7.69. The summed E-state index contributed by atoms with van der Waals surface area (Å²) >= 11 is 0. The summed E-state index contributed by atoms with van der Waals surface area (Å²) in [5.41, 5.74) is 0.00742. The lowest BCUT2D eigenvalue weighted by Gasteiger charge is -2.37. The summed E-state index contributed by atoms with van der Waals surface area (Å²) < 4.78 is 23.1. The van der Waals surface area contributed by atoms with Crippen LogP contribution in [0.3, 0.4) is 0 Å². The Labute approximate surface area is 137 Å². The van der Waals surface area contributed by atoms with Crippen molar-refractivity contribution in [2.45, 2.75) is 27.7 Å². The highest BCUT2D eigenvalue weighted by Crippen LogP contribution is 2.52. The predicted molar refractivity (Wildman–Crippen MR) is 92.0 cm³/mol. The van der Waals surface area contributed by atoms with E-state index < -0.39 is 12.4 Å². The second kappa shape index (κ2) is 9.01. The Kier molecular flexibility index (Phi) is 7.68. The van der Waals surface area contributed by atoms with Crippen molar-refractivity contribution in [3.05, 3.63) is 34.4 Å². The summed E-state index contributed by atoms with van der Waals surface area (Å²) in [7, 11) is -2.83. The summed E-state index contributed by atoms with van der Waals surface area (Å²) in [6.45, 7) is 10.6. The Morgan fingerprint density at radius 2 is 1.43 bits per heavy atom. The summed E-state index contributed by atoms with van der Waals surface area (Å²) in [5, 5.41) is 10.7. The van der Waals surface area contributed by atoms with E-state index in [2.05, 4.69) is 0 Å². The zero-order valence-corrected chi connectivity index (χ0v) is 15.2. The summed E-state index contributed by atoms with van der Waals surface area (Å²) in [6, 6.07) is 5.84. The zero-order chi connectivity index (χ0) is 17.5. The van der Waals surface area contributed by atoms with Crippen LogP contribution in [0.2, 0.25) is 0 Å². The van der Waals surface area contributed by atoms with Gasteiger partial charge in [0.2, 0.25) is 0 Å². The molecule has 0 radical (unpaired) electrons. The molecule has 0 unspecified atom stereocenters. The lowest BCUT2D eigenvalue weighted by Crippen LogP contribution is -2.34. The number of rotatable bonds is 10. The molecule has 8 heteroatoms. The van der Waals surface area contributed by atoms with E-state index in [9.17, 15) is 14.7 Å². The first-order valence-corrected chi connectivity index (χ1v) is 9.69. The molecule has 0 atom stereocenters. The smallest absolute Gasteiger partial charge is 0.269 e. The first-order chi connectivity index (χ1) is 10.9. The van der Waals surface area contributed by atoms with Gasteiger partial charge in [0.15, 0.2) is 6.35 Å². The monoisotopic (exact) mass is 343 g/mol. The third-order valence-corrected chi connectivity index (χ3v) is 7.16. The fourth-order valence-electron chi connectivity index (χ4n) is 2.50. The van der Waals surface area contributed by atoms with Crippen LogP contribution >= 0.6 is 7.44 Å². The van der Waals surface area contributed by atoms with Crippen LogP contribution in [0.15, 0.2) is 24.3 Å². The van der Waals surface area contributed by atoms with Gasteiger partial charge in [0, 0.05) is 38.3 Å². The fourth-order valence-corrected chi connectivity index (χ4v) is 5.27. The molecule has 1 aromatic carbocycles. The molecule has 23 heavy (non-hydrogen) atoms. The molecule has 7 nitrogen and oxygen atoms in total. The van der Waals surface area contributed by atoms with Crippen molar-refractivity contribution in [2.24, 2.45) is 0 Å². The van der Waals surface area contributed by atoms with Crippen LogP contribution in [-0.4, -0.2) is 46.8 Å². The second-order valence-electron chi connectivity index (χ2n) is 4.97. The minimum Gasteiger partial charge on any atom is -0.483 e. The van der Waals surface area contributed by atoms with Gasteiger partial charge in [-0.05, 0) is 12.1 Å². The van der Waals surface area contributed by atoms with Crippen LogP contribution < -0.4 is 4.74 Å². The number of nitro benzene ring substituents is 1. The van der Waals surface area contributed by atoms with Crippen LogP contribution in [0.1, 0.15) is 27.7 Å². The van der Waals surface area contributed by atoms with E-state index in [0.29, 0.717) is 31.9 Å². The molecule has 0 spiro atoms. The van der Waals surface area contributed by atoms with Crippen molar-refractivity contribution in [1.82, 2.24) is 9.34 Å². The van der Waals surface area contributed by atoms with Crippen molar-refractivity contribution >= 4 is 13.1 Å². The molecular formula is C15H26N3O4P. The highest BCUT2D eigenvalue weighted by atomic mass is 31.2. The van der Waals surface area contributed by atoms with E-state index in [1.807, 2.05) is 37.0 Å². The van der Waals surface area contributed by atoms with Crippen molar-refractivity contribution in [3.63, 3.8) is 0 Å². The molecule has 1 aromatic rings. The molecule has 0 aromatic heterocycles. The van der Waals surface area contributed by atoms with Crippen LogP contribution in [0.4, 0.5) is 5.69 Å². The van der Waals surface area contributed by atoms with Crippen LogP contribution in [0.5, 0.6) is 5.75 Å². The third kappa shape index (κ3) is 4.77. The molecule has 0 fully saturated rings. The zero-order valence-electron chi connectivity index (χ0n) is 14.3. The Bertz CT molecular complexity index is 526. The molecule has 0 N–H and O–H groups in total. The maximum absolute atomic E-state index is 13.5. The Hall–Kier alpha value is -1.43. The molecule has 0 aliphatic rings. The van der Waals surface area contributed by atoms with Gasteiger partial charge in [-0.2, -0.15) is 0 Å². The van der Waals surface area contributed by atoms with E-state index in [1.165, 1.54) is 24.3 Å². The SMILES string of the molecule is CCN(CC)P(=O)(COc1ccc([N+](=O)[O-])cc1)N(CC)CC. The molecule has 0 aliphatic carbocycles. The Morgan fingerprint density at radius 3 is 1.78 bits per heavy atom. The normalized spacial score (nSPS) is 11.9. The minimum atomic E-state index is -2.83. The van der Waals surface area contributed by atoms with Gasteiger partial charge in [-0.1, -0.05) is 27.7 Å². The lowest BCUT2D eigenvalue weighted by molar-refractivity contribution is -0.384. The molecular weight excluding hydrogens is 317 g/mol. The minimum absolute atomic E-state index is 0.00742. The average molecular weight is 343 g/mol. The number of non-ortho nitro benzene ring substituents is 1. The van der Waals surface area contributed by atoms with E-state index in [1.54, 1.807) is 0 Å². The maximum atomic E-state index is 13.5. The molecule has 0 saturated heterocycles. The highest BCUT2D eigenvalue weighted by molar-refractivity contribution is 7.58. The lowest BCUT2D eigenvalue weighted by atomic mass is 10.3. The van der Waals surface area contributed by atoms with E-state index in [-0.39, 0.29) is 12.0 Å². The van der Waals surface area contributed by atoms with Gasteiger partial charge >= 0.3 is 0 Å². The predicted octanol–water partition coefficient (Wildman–Crippen LogP) is 3.81. The number of nitro groups is 1. The van der Waals surface area contributed by atoms with Gasteiger partial charge in [-0.25, -0.2) is 9.34 Å². The highest BCUT2D eigenvalue weighted by Gasteiger charge is 2.34. The molecule has 0 amide bonds. The molecule has 0 bridgehead atoms. The van der Waals surface area contributed by atoms with Crippen molar-refractivity contribution in [1.29, 1.82) is 0 Å². The quantitative estimate of drug-likeness (QED) is 0.365. The van der Waals surface area contributed by atoms with Crippen molar-refractivity contribution < 1.29 is 14.2 Å². The van der Waals surface area contributed by atoms with Gasteiger partial charge in [-0.15, -0.1) is 0 Å². The van der Waals surface area contributed by atoms with Gasteiger partial charge in [0.1, 0.15) is 5.75 Å². The van der Waals surface area contributed by atoms with Crippen LogP contribution in [0.25, 0.3) is 0 Å². The first kappa shape index (κ1) is 19.6. The number of hydrogen-bond donors (Lipinski definition) is 0. The Balaban J connectivity index is 2.93. The molecule has 130 valence electrons. The van der Waals surface area contributed by atoms with Gasteiger partial charge < -0.3 is 4.74 Å².